The van der Waals surface area contributed by atoms with Gasteiger partial charge in [-0.3, -0.25) is 10.1 Å². The minimum Gasteiger partial charge on any atom is -0.358 e. The summed E-state index contributed by atoms with van der Waals surface area (Å²) in [7, 11) is 0. The van der Waals surface area contributed by atoms with Crippen LogP contribution < -0.4 is 5.32 Å². The molecule has 170 valence electrons. The lowest BCUT2D eigenvalue weighted by Crippen LogP contribution is -2.00. The number of allylic oxidation sites excluding steroid dienone is 1. The summed E-state index contributed by atoms with van der Waals surface area (Å²) in [4.78, 5) is 18.6. The van der Waals surface area contributed by atoms with E-state index in [1.54, 1.807) is 11.3 Å². The van der Waals surface area contributed by atoms with Crippen LogP contribution in [-0.4, -0.2) is 30.1 Å². The molecule has 0 aromatic carbocycles. The van der Waals surface area contributed by atoms with Crippen molar-refractivity contribution in [2.24, 2.45) is 5.92 Å². The average Bonchev–Trinajstić information content (AvgIpc) is 3.26. The maximum atomic E-state index is 4.97. The van der Waals surface area contributed by atoms with E-state index >= 15 is 0 Å². The molecule has 6 aromatic rings. The predicted octanol–water partition coefficient (Wildman–Crippen LogP) is 6.63. The summed E-state index contributed by atoms with van der Waals surface area (Å²) in [6.45, 7) is 4.16. The van der Waals surface area contributed by atoms with E-state index in [-0.39, 0.29) is 0 Å². The van der Waals surface area contributed by atoms with Crippen LogP contribution in [0.2, 0.25) is 0 Å². The van der Waals surface area contributed by atoms with Crippen LogP contribution in [0.1, 0.15) is 12.8 Å². The van der Waals surface area contributed by atoms with Gasteiger partial charge >= 0.3 is 0 Å². The number of anilines is 1. The van der Waals surface area contributed by atoms with Crippen molar-refractivity contribution in [3.63, 3.8) is 0 Å². The molecule has 0 spiro atoms. The number of fused-ring (bicyclic) bond motifs is 2. The highest BCUT2D eigenvalue weighted by atomic mass is 32.1. The van der Waals surface area contributed by atoms with Crippen molar-refractivity contribution in [3.05, 3.63) is 78.7 Å². The van der Waals surface area contributed by atoms with Crippen LogP contribution in [0.3, 0.4) is 0 Å². The smallest absolute Gasteiger partial charge is 0.138 e. The van der Waals surface area contributed by atoms with Gasteiger partial charge in [0.15, 0.2) is 0 Å². The molecule has 1 aliphatic carbocycles. The molecular weight excluding hydrogens is 454 g/mol. The number of nitrogens with one attached hydrogen (secondary N) is 3. The maximum Gasteiger partial charge on any atom is 0.138 e. The van der Waals surface area contributed by atoms with Gasteiger partial charge in [-0.05, 0) is 60.5 Å². The third kappa shape index (κ3) is 3.59. The van der Waals surface area contributed by atoms with E-state index in [1.165, 1.54) is 17.7 Å². The number of hydrogen-bond donors (Lipinski definition) is 3. The fraction of sp³-hybridized carbons (Fsp3) is 0.111. The van der Waals surface area contributed by atoms with Crippen molar-refractivity contribution in [1.82, 2.24) is 30.1 Å². The molecule has 0 bridgehead atoms. The third-order valence-corrected chi connectivity index (χ3v) is 7.29. The van der Waals surface area contributed by atoms with E-state index in [0.29, 0.717) is 5.92 Å². The number of pyridine rings is 3. The highest BCUT2D eigenvalue weighted by Gasteiger charge is 2.24. The van der Waals surface area contributed by atoms with Gasteiger partial charge < -0.3 is 10.3 Å². The minimum atomic E-state index is 0.577. The van der Waals surface area contributed by atoms with Gasteiger partial charge in [-0.25, -0.2) is 9.97 Å². The van der Waals surface area contributed by atoms with Gasteiger partial charge in [-0.1, -0.05) is 12.6 Å². The zero-order valence-electron chi connectivity index (χ0n) is 18.7. The standard InChI is InChI=1S/C27H21N7S/c1-15(16-4-5-16)30-18-11-17(13-28-14-18)21-6-7-22-25(31-21)26(34-33-22)23-12-20-19(24-3-2-10-35-24)8-9-29-27(20)32-23/h2-3,6-14,16,30H,1,4-5H2,(H,29,32)(H,33,34). The molecule has 35 heavy (non-hydrogen) atoms. The van der Waals surface area contributed by atoms with Crippen LogP contribution in [0.5, 0.6) is 0 Å². The topological polar surface area (TPSA) is 95.2 Å². The summed E-state index contributed by atoms with van der Waals surface area (Å²) in [6, 6.07) is 14.4. The Morgan fingerprint density at radius 1 is 1.11 bits per heavy atom. The zero-order valence-corrected chi connectivity index (χ0v) is 19.6. The second kappa shape index (κ2) is 7.89. The van der Waals surface area contributed by atoms with Crippen LogP contribution in [0.25, 0.3) is 55.2 Å². The number of aromatic nitrogens is 6. The van der Waals surface area contributed by atoms with Crippen LogP contribution in [0.4, 0.5) is 5.69 Å². The number of hydrogen-bond acceptors (Lipinski definition) is 6. The van der Waals surface area contributed by atoms with Crippen LogP contribution in [-0.2, 0) is 0 Å². The van der Waals surface area contributed by atoms with Crippen molar-refractivity contribution in [2.75, 3.05) is 5.32 Å². The Labute approximate surface area is 205 Å². The number of rotatable bonds is 6. The summed E-state index contributed by atoms with van der Waals surface area (Å²) < 4.78 is 0. The first-order valence-electron chi connectivity index (χ1n) is 11.5. The summed E-state index contributed by atoms with van der Waals surface area (Å²) in [5.74, 6) is 0.577. The van der Waals surface area contributed by atoms with Gasteiger partial charge in [0.2, 0.25) is 0 Å². The van der Waals surface area contributed by atoms with Crippen molar-refractivity contribution in [1.29, 1.82) is 0 Å². The molecule has 0 unspecified atom stereocenters. The summed E-state index contributed by atoms with van der Waals surface area (Å²) in [5.41, 5.74) is 9.05. The molecule has 0 radical (unpaired) electrons. The van der Waals surface area contributed by atoms with Crippen LogP contribution in [0, 0.1) is 5.92 Å². The van der Waals surface area contributed by atoms with Gasteiger partial charge in [-0.2, -0.15) is 5.10 Å². The molecule has 3 N–H and O–H groups in total. The number of thiophene rings is 1. The fourth-order valence-electron chi connectivity index (χ4n) is 4.42. The fourth-order valence-corrected chi connectivity index (χ4v) is 5.18. The number of H-pyrrole nitrogens is 2. The number of aromatic amines is 2. The van der Waals surface area contributed by atoms with Gasteiger partial charge in [-0.15, -0.1) is 11.3 Å². The molecule has 0 atom stereocenters. The molecule has 0 aliphatic heterocycles. The molecule has 8 heteroatoms. The van der Waals surface area contributed by atoms with Crippen molar-refractivity contribution in [3.8, 4) is 33.1 Å². The molecule has 7 nitrogen and oxygen atoms in total. The first-order valence-corrected chi connectivity index (χ1v) is 12.4. The van der Waals surface area contributed by atoms with Crippen molar-refractivity contribution >= 4 is 39.1 Å². The summed E-state index contributed by atoms with van der Waals surface area (Å²) >= 11 is 1.72. The van der Waals surface area contributed by atoms with Crippen LogP contribution >= 0.6 is 11.3 Å². The molecule has 6 aromatic heterocycles. The lowest BCUT2D eigenvalue weighted by molar-refractivity contribution is 1.02. The molecule has 1 saturated carbocycles. The normalized spacial score (nSPS) is 13.5. The van der Waals surface area contributed by atoms with E-state index in [0.717, 1.165) is 61.7 Å². The first-order chi connectivity index (χ1) is 17.2. The van der Waals surface area contributed by atoms with Gasteiger partial charge in [0.05, 0.1) is 28.8 Å². The Bertz CT molecular complexity index is 1710. The highest BCUT2D eigenvalue weighted by molar-refractivity contribution is 7.13. The van der Waals surface area contributed by atoms with Gasteiger partial charge in [0.1, 0.15) is 16.9 Å². The lowest BCUT2D eigenvalue weighted by atomic mass is 10.1. The molecular formula is C27H21N7S. The van der Waals surface area contributed by atoms with Gasteiger partial charge in [0.25, 0.3) is 0 Å². The number of nitrogens with zero attached hydrogens (tertiary/aromatic N) is 4. The summed E-state index contributed by atoms with van der Waals surface area (Å²) in [6.07, 6.45) is 7.90. The minimum absolute atomic E-state index is 0.577. The Balaban J connectivity index is 1.29. The Morgan fingerprint density at radius 2 is 2.06 bits per heavy atom. The third-order valence-electron chi connectivity index (χ3n) is 6.39. The quantitative estimate of drug-likeness (QED) is 0.251. The average molecular weight is 476 g/mol. The first kappa shape index (κ1) is 20.1. The Kier molecular flexibility index (Phi) is 4.53. The van der Waals surface area contributed by atoms with Crippen LogP contribution in [0.15, 0.2) is 78.7 Å². The molecule has 6 heterocycles. The lowest BCUT2D eigenvalue weighted by Gasteiger charge is -2.09. The largest absolute Gasteiger partial charge is 0.358 e. The highest BCUT2D eigenvalue weighted by Crippen LogP contribution is 2.37. The maximum absolute atomic E-state index is 4.97. The molecule has 7 rings (SSSR count). The predicted molar refractivity (Wildman–Crippen MR) is 141 cm³/mol. The molecule has 0 saturated heterocycles. The van der Waals surface area contributed by atoms with E-state index in [1.807, 2.05) is 30.7 Å². The van der Waals surface area contributed by atoms with E-state index in [4.69, 9.17) is 4.98 Å². The summed E-state index contributed by atoms with van der Waals surface area (Å²) in [5, 5.41) is 14.3. The Morgan fingerprint density at radius 3 is 2.91 bits per heavy atom. The second-order valence-electron chi connectivity index (χ2n) is 8.83. The SMILES string of the molecule is C=C(Nc1cncc(-c2ccc3[nH]nc(-c4cc5c(-c6cccs6)ccnc5[nH]4)c3n2)c1)C1CC1. The second-order valence-corrected chi connectivity index (χ2v) is 9.78. The zero-order chi connectivity index (χ0) is 23.4. The Hall–Kier alpha value is -4.30. The monoisotopic (exact) mass is 475 g/mol. The van der Waals surface area contributed by atoms with E-state index in [2.05, 4.69) is 72.8 Å². The van der Waals surface area contributed by atoms with E-state index < -0.39 is 0 Å². The van der Waals surface area contributed by atoms with Crippen molar-refractivity contribution < 1.29 is 0 Å². The van der Waals surface area contributed by atoms with E-state index in [9.17, 15) is 0 Å². The molecule has 0 amide bonds. The van der Waals surface area contributed by atoms with Crippen molar-refractivity contribution in [2.45, 2.75) is 12.8 Å². The molecule has 1 aliphatic rings. The molecule has 1 fully saturated rings. The van der Waals surface area contributed by atoms with Gasteiger partial charge in [0, 0.05) is 39.5 Å².